The second-order valence-corrected chi connectivity index (χ2v) is 5.85. The number of aryl methyl sites for hydroxylation is 1. The number of aliphatic hydroxyl groups excluding tert-OH is 1. The van der Waals surface area contributed by atoms with Gasteiger partial charge in [0.05, 0.1) is 12.2 Å². The predicted octanol–water partition coefficient (Wildman–Crippen LogP) is 2.27. The Balaban J connectivity index is 2.27. The van der Waals surface area contributed by atoms with Gasteiger partial charge in [-0.05, 0) is 31.7 Å². The summed E-state index contributed by atoms with van der Waals surface area (Å²) in [7, 11) is 0. The molecule has 0 spiro atoms. The van der Waals surface area contributed by atoms with Crippen molar-refractivity contribution >= 4 is 0 Å². The van der Waals surface area contributed by atoms with Crippen molar-refractivity contribution in [2.75, 3.05) is 13.2 Å². The molecule has 0 fully saturated rings. The quantitative estimate of drug-likeness (QED) is 0.532. The first-order valence-electron chi connectivity index (χ1n) is 6.94. The lowest BCUT2D eigenvalue weighted by atomic mass is 9.89. The zero-order valence-electron chi connectivity index (χ0n) is 12.4. The fraction of sp³-hybridized carbons (Fsp3) is 0.667. The molecule has 0 aromatic carbocycles. The molecule has 0 aliphatic rings. The van der Waals surface area contributed by atoms with E-state index in [2.05, 4.69) is 37.0 Å². The molecule has 0 radical (unpaired) electrons. The summed E-state index contributed by atoms with van der Waals surface area (Å²) < 4.78 is 1.91. The summed E-state index contributed by atoms with van der Waals surface area (Å²) in [5.41, 5.74) is 2.35. The van der Waals surface area contributed by atoms with Gasteiger partial charge >= 0.3 is 0 Å². The number of allylic oxidation sites excluding steroid dienone is 1. The van der Waals surface area contributed by atoms with E-state index in [4.69, 9.17) is 0 Å². The smallest absolute Gasteiger partial charge is 0.0638 e. The highest BCUT2D eigenvalue weighted by atomic mass is 16.3. The molecule has 0 unspecified atom stereocenters. The Morgan fingerprint density at radius 2 is 2.26 bits per heavy atom. The summed E-state index contributed by atoms with van der Waals surface area (Å²) in [5, 5.41) is 17.0. The molecule has 2 N–H and O–H groups in total. The molecule has 0 bridgehead atoms. The Labute approximate surface area is 116 Å². The second kappa shape index (κ2) is 7.46. The Morgan fingerprint density at radius 1 is 1.53 bits per heavy atom. The first-order chi connectivity index (χ1) is 8.98. The van der Waals surface area contributed by atoms with Crippen LogP contribution in [0.2, 0.25) is 0 Å². The van der Waals surface area contributed by atoms with E-state index in [9.17, 15) is 5.11 Å². The molecule has 19 heavy (non-hydrogen) atoms. The maximum Gasteiger partial charge on any atom is 0.0638 e. The number of nitrogens with one attached hydrogen (secondary N) is 1. The lowest BCUT2D eigenvalue weighted by molar-refractivity contribution is 0.148. The van der Waals surface area contributed by atoms with Crippen molar-refractivity contribution in [3.05, 3.63) is 30.1 Å². The van der Waals surface area contributed by atoms with Gasteiger partial charge in [-0.1, -0.05) is 19.9 Å². The highest BCUT2D eigenvalue weighted by molar-refractivity contribution is 5.15. The molecule has 0 saturated carbocycles. The molecule has 4 nitrogen and oxygen atoms in total. The average Bonchev–Trinajstić information content (AvgIpc) is 2.70. The maximum absolute atomic E-state index is 9.18. The van der Waals surface area contributed by atoms with Gasteiger partial charge in [0, 0.05) is 24.9 Å². The third-order valence-electron chi connectivity index (χ3n) is 3.31. The van der Waals surface area contributed by atoms with Crippen molar-refractivity contribution in [1.29, 1.82) is 0 Å². The molecule has 0 saturated heterocycles. The van der Waals surface area contributed by atoms with Crippen LogP contribution in [-0.4, -0.2) is 28.0 Å². The van der Waals surface area contributed by atoms with Gasteiger partial charge in [-0.25, -0.2) is 0 Å². The zero-order chi connectivity index (χ0) is 14.3. The van der Waals surface area contributed by atoms with E-state index in [0.29, 0.717) is 0 Å². The van der Waals surface area contributed by atoms with Crippen molar-refractivity contribution in [2.24, 2.45) is 5.41 Å². The lowest BCUT2D eigenvalue weighted by Crippen LogP contribution is -2.21. The standard InChI is InChI=1S/C15H27N3O/c1-5-9-18-11-14(13(2)17-18)10-16-8-6-7-15(3,4)12-19/h5,11,16,19H,1,6-10,12H2,2-4H3. The first kappa shape index (κ1) is 15.9. The van der Waals surface area contributed by atoms with Crippen LogP contribution < -0.4 is 5.32 Å². The molecule has 4 heteroatoms. The summed E-state index contributed by atoms with van der Waals surface area (Å²) in [4.78, 5) is 0. The Morgan fingerprint density at radius 3 is 2.89 bits per heavy atom. The number of hydrogen-bond acceptors (Lipinski definition) is 3. The summed E-state index contributed by atoms with van der Waals surface area (Å²) in [6.07, 6.45) is 6.03. The summed E-state index contributed by atoms with van der Waals surface area (Å²) >= 11 is 0. The van der Waals surface area contributed by atoms with Crippen molar-refractivity contribution in [3.8, 4) is 0 Å². The molecule has 1 aromatic rings. The number of nitrogens with zero attached hydrogens (tertiary/aromatic N) is 2. The number of rotatable bonds is 9. The van der Waals surface area contributed by atoms with Crippen molar-refractivity contribution in [2.45, 2.75) is 46.7 Å². The van der Waals surface area contributed by atoms with E-state index in [1.165, 1.54) is 5.56 Å². The van der Waals surface area contributed by atoms with Gasteiger partial charge < -0.3 is 10.4 Å². The second-order valence-electron chi connectivity index (χ2n) is 5.85. The lowest BCUT2D eigenvalue weighted by Gasteiger charge is -2.21. The predicted molar refractivity (Wildman–Crippen MR) is 79.0 cm³/mol. The average molecular weight is 265 g/mol. The summed E-state index contributed by atoms with van der Waals surface area (Å²) in [6.45, 7) is 12.8. The van der Waals surface area contributed by atoms with Crippen LogP contribution in [-0.2, 0) is 13.1 Å². The van der Waals surface area contributed by atoms with Gasteiger partial charge in [0.15, 0.2) is 0 Å². The number of aromatic nitrogens is 2. The molecule has 1 aromatic heterocycles. The van der Waals surface area contributed by atoms with Gasteiger partial charge in [0.25, 0.3) is 0 Å². The van der Waals surface area contributed by atoms with E-state index in [1.807, 2.05) is 17.7 Å². The van der Waals surface area contributed by atoms with Crippen LogP contribution in [0.25, 0.3) is 0 Å². The van der Waals surface area contributed by atoms with E-state index in [1.54, 1.807) is 0 Å². The van der Waals surface area contributed by atoms with Crippen molar-refractivity contribution < 1.29 is 5.11 Å². The highest BCUT2D eigenvalue weighted by Crippen LogP contribution is 2.20. The van der Waals surface area contributed by atoms with E-state index in [-0.39, 0.29) is 12.0 Å². The Hall–Kier alpha value is -1.13. The van der Waals surface area contributed by atoms with Gasteiger partial charge in [0.1, 0.15) is 0 Å². The molecule has 0 amide bonds. The van der Waals surface area contributed by atoms with E-state index >= 15 is 0 Å². The van der Waals surface area contributed by atoms with Gasteiger partial charge in [-0.15, -0.1) is 6.58 Å². The molecule has 0 aliphatic carbocycles. The minimum atomic E-state index is 0.0342. The Bertz CT molecular complexity index is 396. The van der Waals surface area contributed by atoms with Gasteiger partial charge in [-0.3, -0.25) is 4.68 Å². The van der Waals surface area contributed by atoms with Crippen molar-refractivity contribution in [3.63, 3.8) is 0 Å². The van der Waals surface area contributed by atoms with E-state index in [0.717, 1.165) is 38.2 Å². The largest absolute Gasteiger partial charge is 0.396 e. The fourth-order valence-electron chi connectivity index (χ4n) is 1.95. The number of aliphatic hydroxyl groups is 1. The Kier molecular flexibility index (Phi) is 6.25. The van der Waals surface area contributed by atoms with Crippen LogP contribution >= 0.6 is 0 Å². The van der Waals surface area contributed by atoms with Crippen LogP contribution in [0, 0.1) is 12.3 Å². The normalized spacial score (nSPS) is 11.8. The van der Waals surface area contributed by atoms with Crippen molar-refractivity contribution in [1.82, 2.24) is 15.1 Å². The van der Waals surface area contributed by atoms with Crippen LogP contribution in [0.3, 0.4) is 0 Å². The third-order valence-corrected chi connectivity index (χ3v) is 3.31. The fourth-order valence-corrected chi connectivity index (χ4v) is 1.95. The third kappa shape index (κ3) is 5.57. The topological polar surface area (TPSA) is 50.1 Å². The molecular weight excluding hydrogens is 238 g/mol. The maximum atomic E-state index is 9.18. The molecular formula is C15H27N3O. The molecule has 0 aliphatic heterocycles. The molecule has 0 atom stereocenters. The zero-order valence-corrected chi connectivity index (χ0v) is 12.4. The minimum absolute atomic E-state index is 0.0342. The van der Waals surface area contributed by atoms with Gasteiger partial charge in [-0.2, -0.15) is 5.10 Å². The van der Waals surface area contributed by atoms with Gasteiger partial charge in [0.2, 0.25) is 0 Å². The monoisotopic (exact) mass is 265 g/mol. The van der Waals surface area contributed by atoms with Crippen LogP contribution in [0.1, 0.15) is 37.9 Å². The van der Waals surface area contributed by atoms with Crippen LogP contribution in [0.4, 0.5) is 0 Å². The van der Waals surface area contributed by atoms with Crippen LogP contribution in [0.5, 0.6) is 0 Å². The first-order valence-corrected chi connectivity index (χ1v) is 6.94. The minimum Gasteiger partial charge on any atom is -0.396 e. The van der Waals surface area contributed by atoms with Crippen LogP contribution in [0.15, 0.2) is 18.9 Å². The SMILES string of the molecule is C=CCn1cc(CNCCCC(C)(C)CO)c(C)n1. The number of hydrogen-bond donors (Lipinski definition) is 2. The summed E-state index contributed by atoms with van der Waals surface area (Å²) in [5.74, 6) is 0. The van der Waals surface area contributed by atoms with E-state index < -0.39 is 0 Å². The molecule has 1 heterocycles. The highest BCUT2D eigenvalue weighted by Gasteiger charge is 2.15. The molecule has 108 valence electrons. The summed E-state index contributed by atoms with van der Waals surface area (Å²) in [6, 6.07) is 0. The molecule has 1 rings (SSSR count).